The quantitative estimate of drug-likeness (QED) is 0.456. The van der Waals surface area contributed by atoms with Crippen LogP contribution in [0.3, 0.4) is 0 Å². The van der Waals surface area contributed by atoms with Gasteiger partial charge in [0.05, 0.1) is 0 Å². The van der Waals surface area contributed by atoms with E-state index < -0.39 is 5.54 Å². The first-order valence-electron chi connectivity index (χ1n) is 9.75. The lowest BCUT2D eigenvalue weighted by Gasteiger charge is -2.54. The minimum absolute atomic E-state index is 0.0181. The summed E-state index contributed by atoms with van der Waals surface area (Å²) in [6, 6.07) is 26.1. The first-order chi connectivity index (χ1) is 14.6. The van der Waals surface area contributed by atoms with Gasteiger partial charge in [0.1, 0.15) is 16.6 Å². The normalized spacial score (nSPS) is 18.1. The van der Waals surface area contributed by atoms with Gasteiger partial charge in [0.2, 0.25) is 5.91 Å². The maximum absolute atomic E-state index is 13.5. The van der Waals surface area contributed by atoms with Crippen LogP contribution in [0.15, 0.2) is 97.1 Å². The molecule has 30 heavy (non-hydrogen) atoms. The Kier molecular flexibility index (Phi) is 5.86. The maximum atomic E-state index is 13.5. The molecule has 0 radical (unpaired) electrons. The lowest BCUT2D eigenvalue weighted by molar-refractivity contribution is -0.124. The van der Waals surface area contributed by atoms with E-state index in [1.165, 1.54) is 23.9 Å². The summed E-state index contributed by atoms with van der Waals surface area (Å²) in [6.07, 6.45) is 10.2. The van der Waals surface area contributed by atoms with Crippen molar-refractivity contribution in [2.75, 3.05) is 11.2 Å². The number of β-lactam (4-membered cyclic amide) rings is 1. The van der Waals surface area contributed by atoms with Crippen molar-refractivity contribution >= 4 is 35.5 Å². The Hall–Kier alpha value is -3.11. The number of benzene rings is 3. The second kappa shape index (κ2) is 8.72. The summed E-state index contributed by atoms with van der Waals surface area (Å²) in [7, 11) is 0. The molecule has 0 spiro atoms. The van der Waals surface area contributed by atoms with Crippen molar-refractivity contribution in [2.45, 2.75) is 10.8 Å². The maximum Gasteiger partial charge on any atom is 0.244 e. The highest BCUT2D eigenvalue weighted by Gasteiger charge is 2.57. The van der Waals surface area contributed by atoms with Gasteiger partial charge in [0.15, 0.2) is 0 Å². The van der Waals surface area contributed by atoms with E-state index >= 15 is 0 Å². The average Bonchev–Trinajstić information content (AvgIpc) is 2.78. The molecule has 1 aliphatic heterocycles. The van der Waals surface area contributed by atoms with E-state index in [0.717, 1.165) is 11.1 Å². The summed E-state index contributed by atoms with van der Waals surface area (Å²) in [4.78, 5) is 14.8. The number of hydrogen-bond donors (Lipinski definition) is 0. The molecule has 3 aromatic rings. The first-order valence-corrected chi connectivity index (χ1v) is 11.0. The van der Waals surface area contributed by atoms with Gasteiger partial charge in [0.25, 0.3) is 0 Å². The van der Waals surface area contributed by atoms with Crippen LogP contribution >= 0.6 is 11.8 Å². The van der Waals surface area contributed by atoms with Gasteiger partial charge in [-0.05, 0) is 41.6 Å². The van der Waals surface area contributed by atoms with Crippen molar-refractivity contribution in [3.8, 4) is 0 Å². The van der Waals surface area contributed by atoms with Crippen molar-refractivity contribution < 1.29 is 9.18 Å². The Bertz CT molecular complexity index is 1010. The van der Waals surface area contributed by atoms with E-state index in [0.29, 0.717) is 5.69 Å². The SMILES string of the molecule is CS[C@H]1C(=O)N(c2ccc(F)cc2)C1(/C=C/c1ccccc1)/C=C/c1ccccc1. The number of rotatable bonds is 6. The van der Waals surface area contributed by atoms with Crippen LogP contribution in [0.4, 0.5) is 10.1 Å². The minimum Gasteiger partial charge on any atom is -0.297 e. The number of anilines is 1. The molecule has 0 bridgehead atoms. The summed E-state index contributed by atoms with van der Waals surface area (Å²) < 4.78 is 13.5. The van der Waals surface area contributed by atoms with Crippen molar-refractivity contribution in [1.29, 1.82) is 0 Å². The van der Waals surface area contributed by atoms with Gasteiger partial charge in [0, 0.05) is 5.69 Å². The molecular formula is C26H22FNOS. The van der Waals surface area contributed by atoms with Gasteiger partial charge in [-0.2, -0.15) is 0 Å². The monoisotopic (exact) mass is 415 g/mol. The molecule has 0 saturated carbocycles. The number of thioether (sulfide) groups is 1. The Morgan fingerprint density at radius 2 is 1.33 bits per heavy atom. The van der Waals surface area contributed by atoms with Gasteiger partial charge in [-0.1, -0.05) is 85.0 Å². The van der Waals surface area contributed by atoms with Gasteiger partial charge in [-0.3, -0.25) is 9.69 Å². The van der Waals surface area contributed by atoms with Gasteiger partial charge >= 0.3 is 0 Å². The lowest BCUT2D eigenvalue weighted by Crippen LogP contribution is -2.71. The molecular weight excluding hydrogens is 393 g/mol. The molecule has 0 N–H and O–H groups in total. The standard InChI is InChI=1S/C26H22FNOS/c1-30-24-25(29)28(23-14-12-22(27)13-15-23)26(24,18-16-20-8-4-2-5-9-20)19-17-21-10-6-3-7-11-21/h2-19,24H,1H3/b18-16+,19-17+/t24-/m0/s1. The van der Waals surface area contributed by atoms with Crippen LogP contribution in [-0.2, 0) is 4.79 Å². The van der Waals surface area contributed by atoms with Crippen molar-refractivity contribution in [3.63, 3.8) is 0 Å². The predicted octanol–water partition coefficient (Wildman–Crippen LogP) is 6.07. The second-order valence-electron chi connectivity index (χ2n) is 7.14. The second-order valence-corrected chi connectivity index (χ2v) is 8.08. The summed E-state index contributed by atoms with van der Waals surface area (Å²) in [5.74, 6) is -0.303. The van der Waals surface area contributed by atoms with Crippen molar-refractivity contribution in [1.82, 2.24) is 0 Å². The molecule has 2 nitrogen and oxygen atoms in total. The summed E-state index contributed by atoms with van der Waals surface area (Å²) in [5.41, 5.74) is 2.15. The fourth-order valence-corrected chi connectivity index (χ4v) is 4.70. The predicted molar refractivity (Wildman–Crippen MR) is 125 cm³/mol. The molecule has 1 amide bonds. The number of nitrogens with zero attached hydrogens (tertiary/aromatic N) is 1. The number of carbonyl (C=O) groups excluding carboxylic acids is 1. The molecule has 150 valence electrons. The van der Waals surface area contributed by atoms with Crippen LogP contribution in [0, 0.1) is 5.82 Å². The molecule has 4 rings (SSSR count). The highest BCUT2D eigenvalue weighted by molar-refractivity contribution is 8.00. The fraction of sp³-hybridized carbons (Fsp3) is 0.115. The van der Waals surface area contributed by atoms with E-state index in [1.54, 1.807) is 17.0 Å². The van der Waals surface area contributed by atoms with Crippen molar-refractivity contribution in [2.24, 2.45) is 0 Å². The molecule has 1 fully saturated rings. The summed E-state index contributed by atoms with van der Waals surface area (Å²) >= 11 is 1.53. The summed E-state index contributed by atoms with van der Waals surface area (Å²) in [5, 5.41) is -0.262. The third-order valence-corrected chi connectivity index (χ3v) is 6.31. The third kappa shape index (κ3) is 3.83. The smallest absolute Gasteiger partial charge is 0.244 e. The van der Waals surface area contributed by atoms with E-state index in [4.69, 9.17) is 0 Å². The zero-order valence-corrected chi connectivity index (χ0v) is 17.4. The zero-order valence-electron chi connectivity index (χ0n) is 16.6. The Morgan fingerprint density at radius 1 is 0.833 bits per heavy atom. The number of carbonyl (C=O) groups is 1. The molecule has 0 unspecified atom stereocenters. The molecule has 1 heterocycles. The van der Waals surface area contributed by atoms with Crippen molar-refractivity contribution in [3.05, 3.63) is 114 Å². The average molecular weight is 416 g/mol. The Morgan fingerprint density at radius 3 is 1.80 bits per heavy atom. The Balaban J connectivity index is 1.80. The number of halogens is 1. The minimum atomic E-state index is -0.653. The molecule has 3 aromatic carbocycles. The fourth-order valence-electron chi connectivity index (χ4n) is 3.75. The molecule has 1 atom stereocenters. The summed E-state index contributed by atoms with van der Waals surface area (Å²) in [6.45, 7) is 0. The lowest BCUT2D eigenvalue weighted by atomic mass is 9.80. The van der Waals surface area contributed by atoms with Gasteiger partial charge in [-0.25, -0.2) is 4.39 Å². The van der Waals surface area contributed by atoms with E-state index in [-0.39, 0.29) is 17.0 Å². The molecule has 0 aromatic heterocycles. The molecule has 1 aliphatic rings. The van der Waals surface area contributed by atoms with Crippen LogP contribution in [0.5, 0.6) is 0 Å². The zero-order chi connectivity index (χ0) is 21.0. The molecule has 1 saturated heterocycles. The number of amides is 1. The third-order valence-electron chi connectivity index (χ3n) is 5.26. The van der Waals surface area contributed by atoms with Crippen LogP contribution in [0.25, 0.3) is 12.2 Å². The molecule has 0 aliphatic carbocycles. The Labute approximate surface area is 180 Å². The van der Waals surface area contributed by atoms with Crippen LogP contribution in [0.2, 0.25) is 0 Å². The van der Waals surface area contributed by atoms with Crippen LogP contribution < -0.4 is 4.90 Å². The topological polar surface area (TPSA) is 20.3 Å². The van der Waals surface area contributed by atoms with E-state index in [2.05, 4.69) is 12.2 Å². The van der Waals surface area contributed by atoms with E-state index in [1.807, 2.05) is 79.1 Å². The highest BCUT2D eigenvalue weighted by atomic mass is 32.2. The van der Waals surface area contributed by atoms with Crippen LogP contribution in [0.1, 0.15) is 11.1 Å². The highest BCUT2D eigenvalue weighted by Crippen LogP contribution is 2.45. The van der Waals surface area contributed by atoms with E-state index in [9.17, 15) is 9.18 Å². The molecule has 4 heteroatoms. The van der Waals surface area contributed by atoms with Gasteiger partial charge in [-0.15, -0.1) is 11.8 Å². The van der Waals surface area contributed by atoms with Gasteiger partial charge < -0.3 is 0 Å². The largest absolute Gasteiger partial charge is 0.297 e. The number of hydrogen-bond acceptors (Lipinski definition) is 2. The van der Waals surface area contributed by atoms with Crippen LogP contribution in [-0.4, -0.2) is 23.0 Å². The first kappa shape index (κ1) is 20.2.